The molecule has 0 saturated heterocycles. The van der Waals surface area contributed by atoms with Crippen molar-refractivity contribution in [3.8, 4) is 5.75 Å². The van der Waals surface area contributed by atoms with Gasteiger partial charge in [0.1, 0.15) is 11.4 Å². The molecule has 94 valence electrons. The molecule has 0 bridgehead atoms. The molecule has 4 heteroatoms. The maximum atomic E-state index is 11.8. The molecule has 1 aliphatic rings. The van der Waals surface area contributed by atoms with Gasteiger partial charge in [-0.1, -0.05) is 0 Å². The largest absolute Gasteiger partial charge is 0.496 e. The topological polar surface area (TPSA) is 54.1 Å². The number of carbonyl (C=O) groups excluding carboxylic acids is 1. The molecular formula is C14H16N2O2. The van der Waals surface area contributed by atoms with Gasteiger partial charge in [0.05, 0.1) is 7.11 Å². The van der Waals surface area contributed by atoms with Gasteiger partial charge in [-0.25, -0.2) is 0 Å². The predicted molar refractivity (Wildman–Crippen MR) is 70.4 cm³/mol. The maximum absolute atomic E-state index is 11.8. The van der Waals surface area contributed by atoms with Crippen LogP contribution in [0.4, 0.5) is 0 Å². The molecule has 0 fully saturated rings. The standard InChI is InChI=1S/C14H16N2O2/c1-7-6-10-11(8(2)13(7)18-3)9-4-5-15-14(17)12(9)16-10/h6,16H,4-5H2,1-3H3,(H,15,17). The van der Waals surface area contributed by atoms with E-state index in [9.17, 15) is 4.79 Å². The van der Waals surface area contributed by atoms with Gasteiger partial charge in [0.25, 0.3) is 5.91 Å². The van der Waals surface area contributed by atoms with E-state index in [1.807, 2.05) is 13.0 Å². The quantitative estimate of drug-likeness (QED) is 0.807. The highest BCUT2D eigenvalue weighted by Crippen LogP contribution is 2.35. The number of rotatable bonds is 1. The summed E-state index contributed by atoms with van der Waals surface area (Å²) in [6.45, 7) is 4.77. The van der Waals surface area contributed by atoms with E-state index in [2.05, 4.69) is 17.2 Å². The van der Waals surface area contributed by atoms with Gasteiger partial charge in [-0.05, 0) is 37.5 Å². The maximum Gasteiger partial charge on any atom is 0.268 e. The summed E-state index contributed by atoms with van der Waals surface area (Å²) in [6, 6.07) is 2.05. The average molecular weight is 244 g/mol. The van der Waals surface area contributed by atoms with Crippen LogP contribution in [0.15, 0.2) is 6.07 Å². The van der Waals surface area contributed by atoms with E-state index in [0.29, 0.717) is 12.2 Å². The Morgan fingerprint density at radius 2 is 2.11 bits per heavy atom. The normalized spacial score (nSPS) is 14.5. The lowest BCUT2D eigenvalue weighted by Crippen LogP contribution is -2.31. The van der Waals surface area contributed by atoms with Crippen LogP contribution in [-0.2, 0) is 6.42 Å². The Morgan fingerprint density at radius 1 is 1.33 bits per heavy atom. The Labute approximate surface area is 105 Å². The predicted octanol–water partition coefficient (Wildman–Crippen LogP) is 2.08. The van der Waals surface area contributed by atoms with Gasteiger partial charge in [0, 0.05) is 23.0 Å². The minimum atomic E-state index is -0.0107. The fraction of sp³-hybridized carbons (Fsp3) is 0.357. The van der Waals surface area contributed by atoms with Crippen LogP contribution in [0.3, 0.4) is 0 Å². The molecule has 1 aromatic heterocycles. The average Bonchev–Trinajstić information content (AvgIpc) is 2.69. The molecule has 0 atom stereocenters. The molecule has 0 radical (unpaired) electrons. The van der Waals surface area contributed by atoms with E-state index in [4.69, 9.17) is 4.74 Å². The second-order valence-corrected chi connectivity index (χ2v) is 4.76. The van der Waals surface area contributed by atoms with Crippen molar-refractivity contribution in [3.63, 3.8) is 0 Å². The van der Waals surface area contributed by atoms with E-state index < -0.39 is 0 Å². The number of aromatic nitrogens is 1. The van der Waals surface area contributed by atoms with Crippen molar-refractivity contribution >= 4 is 16.8 Å². The van der Waals surface area contributed by atoms with Gasteiger partial charge in [-0.3, -0.25) is 4.79 Å². The third-order valence-corrected chi connectivity index (χ3v) is 3.66. The lowest BCUT2D eigenvalue weighted by Gasteiger charge is -2.14. The number of fused-ring (bicyclic) bond motifs is 3. The third-order valence-electron chi connectivity index (χ3n) is 3.66. The summed E-state index contributed by atoms with van der Waals surface area (Å²) in [4.78, 5) is 15.1. The van der Waals surface area contributed by atoms with Gasteiger partial charge in [0.15, 0.2) is 0 Å². The van der Waals surface area contributed by atoms with Crippen LogP contribution in [-0.4, -0.2) is 24.5 Å². The highest BCUT2D eigenvalue weighted by molar-refractivity contribution is 6.03. The van der Waals surface area contributed by atoms with Crippen LogP contribution in [0, 0.1) is 13.8 Å². The van der Waals surface area contributed by atoms with Crippen LogP contribution in [0.25, 0.3) is 10.9 Å². The monoisotopic (exact) mass is 244 g/mol. The molecule has 2 N–H and O–H groups in total. The summed E-state index contributed by atoms with van der Waals surface area (Å²) in [5, 5.41) is 4.00. The molecule has 0 saturated carbocycles. The van der Waals surface area contributed by atoms with E-state index in [1.165, 1.54) is 0 Å². The summed E-state index contributed by atoms with van der Waals surface area (Å²) >= 11 is 0. The van der Waals surface area contributed by atoms with Crippen LogP contribution < -0.4 is 10.1 Å². The zero-order valence-electron chi connectivity index (χ0n) is 10.8. The number of aryl methyl sites for hydroxylation is 2. The molecule has 0 aliphatic carbocycles. The van der Waals surface area contributed by atoms with Gasteiger partial charge in [-0.15, -0.1) is 0 Å². The molecule has 0 unspecified atom stereocenters. The molecular weight excluding hydrogens is 228 g/mol. The Morgan fingerprint density at radius 3 is 2.83 bits per heavy atom. The number of hydrogen-bond donors (Lipinski definition) is 2. The molecule has 2 heterocycles. The van der Waals surface area contributed by atoms with Crippen LogP contribution >= 0.6 is 0 Å². The minimum absolute atomic E-state index is 0.0107. The van der Waals surface area contributed by atoms with Crippen LogP contribution in [0.5, 0.6) is 5.75 Å². The van der Waals surface area contributed by atoms with Crippen molar-refractivity contribution in [2.45, 2.75) is 20.3 Å². The third kappa shape index (κ3) is 1.35. The van der Waals surface area contributed by atoms with Crippen molar-refractivity contribution in [2.24, 2.45) is 0 Å². The number of carbonyl (C=O) groups is 1. The molecule has 1 aliphatic heterocycles. The Kier molecular flexibility index (Phi) is 2.33. The van der Waals surface area contributed by atoms with Crippen molar-refractivity contribution < 1.29 is 9.53 Å². The van der Waals surface area contributed by atoms with Gasteiger partial charge < -0.3 is 15.0 Å². The fourth-order valence-electron chi connectivity index (χ4n) is 2.94. The second kappa shape index (κ2) is 3.77. The number of amides is 1. The number of nitrogens with one attached hydrogen (secondary N) is 2. The summed E-state index contributed by atoms with van der Waals surface area (Å²) in [7, 11) is 1.69. The SMILES string of the molecule is COc1c(C)cc2[nH]c3c(c2c1C)CCNC3=O. The van der Waals surface area contributed by atoms with Gasteiger partial charge in [0.2, 0.25) is 0 Å². The summed E-state index contributed by atoms with van der Waals surface area (Å²) < 4.78 is 5.46. The highest BCUT2D eigenvalue weighted by Gasteiger charge is 2.24. The lowest BCUT2D eigenvalue weighted by atomic mass is 9.98. The number of aromatic amines is 1. The first-order valence-electron chi connectivity index (χ1n) is 6.10. The van der Waals surface area contributed by atoms with Crippen molar-refractivity contribution in [1.82, 2.24) is 10.3 Å². The molecule has 1 amide bonds. The summed E-state index contributed by atoms with van der Waals surface area (Å²) in [5.74, 6) is 0.902. The minimum Gasteiger partial charge on any atom is -0.496 e. The molecule has 0 spiro atoms. The first kappa shape index (κ1) is 11.1. The van der Waals surface area contributed by atoms with E-state index >= 15 is 0 Å². The Balaban J connectivity index is 2.40. The van der Waals surface area contributed by atoms with E-state index in [1.54, 1.807) is 7.11 Å². The molecule has 4 nitrogen and oxygen atoms in total. The molecule has 1 aromatic carbocycles. The van der Waals surface area contributed by atoms with Crippen LogP contribution in [0.2, 0.25) is 0 Å². The number of methoxy groups -OCH3 is 1. The number of H-pyrrole nitrogens is 1. The number of ether oxygens (including phenoxy) is 1. The number of hydrogen-bond acceptors (Lipinski definition) is 2. The molecule has 2 aromatic rings. The van der Waals surface area contributed by atoms with Gasteiger partial charge in [-0.2, -0.15) is 0 Å². The van der Waals surface area contributed by atoms with Crippen molar-refractivity contribution in [2.75, 3.05) is 13.7 Å². The number of benzene rings is 1. The van der Waals surface area contributed by atoms with Crippen LogP contribution in [0.1, 0.15) is 27.2 Å². The second-order valence-electron chi connectivity index (χ2n) is 4.76. The summed E-state index contributed by atoms with van der Waals surface area (Å²) in [5.41, 5.74) is 5.03. The molecule has 3 rings (SSSR count). The lowest BCUT2D eigenvalue weighted by molar-refractivity contribution is 0.0942. The Bertz CT molecular complexity index is 656. The fourth-order valence-corrected chi connectivity index (χ4v) is 2.94. The first-order chi connectivity index (χ1) is 8.63. The van der Waals surface area contributed by atoms with Crippen molar-refractivity contribution in [3.05, 3.63) is 28.5 Å². The first-order valence-corrected chi connectivity index (χ1v) is 6.10. The zero-order chi connectivity index (χ0) is 12.9. The summed E-state index contributed by atoms with van der Waals surface area (Å²) in [6.07, 6.45) is 0.869. The highest BCUT2D eigenvalue weighted by atomic mass is 16.5. The zero-order valence-corrected chi connectivity index (χ0v) is 10.8. The van der Waals surface area contributed by atoms with Gasteiger partial charge >= 0.3 is 0 Å². The van der Waals surface area contributed by atoms with E-state index in [0.717, 1.165) is 39.8 Å². The smallest absolute Gasteiger partial charge is 0.268 e. The Hall–Kier alpha value is -1.97. The molecule has 18 heavy (non-hydrogen) atoms. The van der Waals surface area contributed by atoms with Crippen molar-refractivity contribution in [1.29, 1.82) is 0 Å². The van der Waals surface area contributed by atoms with E-state index in [-0.39, 0.29) is 5.91 Å².